The molecule has 1 amide bonds. The van der Waals surface area contributed by atoms with E-state index in [1.807, 2.05) is 45.9 Å². The van der Waals surface area contributed by atoms with E-state index < -0.39 is 34.2 Å². The number of amides is 1. The highest BCUT2D eigenvalue weighted by molar-refractivity contribution is 5.84. The molecule has 0 saturated carbocycles. The van der Waals surface area contributed by atoms with Crippen LogP contribution in [0, 0.1) is 10.1 Å². The first-order valence-electron chi connectivity index (χ1n) is 12.8. The number of carbonyl (C=O) groups is 2. The SMILES string of the molecule is CC[C@@](C(=O)Oc1c(C(C)C)cccc1C(C)C)([C@H](NC(=O)OC(C)(C)C)c1ccc(OC)cc1)[N+](=O)[O-]. The van der Waals surface area contributed by atoms with Gasteiger partial charge >= 0.3 is 17.6 Å². The Balaban J connectivity index is 2.71. The predicted molar refractivity (Wildman–Crippen MR) is 145 cm³/mol. The second-order valence-electron chi connectivity index (χ2n) is 10.9. The Morgan fingerprint density at radius 3 is 1.89 bits per heavy atom. The highest BCUT2D eigenvalue weighted by atomic mass is 16.6. The predicted octanol–water partition coefficient (Wildman–Crippen LogP) is 6.54. The maximum atomic E-state index is 14.0. The summed E-state index contributed by atoms with van der Waals surface area (Å²) in [6.07, 6.45) is -1.15. The van der Waals surface area contributed by atoms with Crippen LogP contribution in [0.3, 0.4) is 0 Å². The van der Waals surface area contributed by atoms with Crippen molar-refractivity contribution in [1.29, 1.82) is 0 Å². The molecule has 0 unspecified atom stereocenters. The van der Waals surface area contributed by atoms with Crippen molar-refractivity contribution < 1.29 is 28.7 Å². The van der Waals surface area contributed by atoms with Crippen molar-refractivity contribution in [2.24, 2.45) is 0 Å². The molecule has 2 aromatic rings. The average molecular weight is 529 g/mol. The van der Waals surface area contributed by atoms with Crippen molar-refractivity contribution >= 4 is 12.1 Å². The summed E-state index contributed by atoms with van der Waals surface area (Å²) in [5.41, 5.74) is -1.36. The van der Waals surface area contributed by atoms with E-state index in [9.17, 15) is 19.7 Å². The van der Waals surface area contributed by atoms with E-state index in [2.05, 4.69) is 5.32 Å². The summed E-state index contributed by atoms with van der Waals surface area (Å²) < 4.78 is 16.6. The second kappa shape index (κ2) is 12.3. The number of rotatable bonds is 10. The summed E-state index contributed by atoms with van der Waals surface area (Å²) in [6, 6.07) is 10.5. The molecule has 0 heterocycles. The van der Waals surface area contributed by atoms with Gasteiger partial charge in [0, 0.05) is 11.3 Å². The van der Waals surface area contributed by atoms with E-state index in [0.717, 1.165) is 11.1 Å². The fourth-order valence-corrected chi connectivity index (χ4v) is 4.26. The van der Waals surface area contributed by atoms with Crippen molar-refractivity contribution in [3.05, 3.63) is 69.3 Å². The maximum Gasteiger partial charge on any atom is 0.408 e. The van der Waals surface area contributed by atoms with Crippen LogP contribution in [0.25, 0.3) is 0 Å². The number of carbonyl (C=O) groups excluding carboxylic acids is 2. The number of benzene rings is 2. The second-order valence-corrected chi connectivity index (χ2v) is 10.9. The lowest BCUT2D eigenvalue weighted by atomic mass is 9.83. The van der Waals surface area contributed by atoms with Gasteiger partial charge < -0.3 is 19.5 Å². The molecule has 0 aliphatic heterocycles. The minimum Gasteiger partial charge on any atom is -0.497 e. The van der Waals surface area contributed by atoms with Crippen molar-refractivity contribution in [1.82, 2.24) is 5.32 Å². The molecule has 0 bridgehead atoms. The Morgan fingerprint density at radius 2 is 1.50 bits per heavy atom. The van der Waals surface area contributed by atoms with Gasteiger partial charge in [0.1, 0.15) is 23.1 Å². The van der Waals surface area contributed by atoms with Gasteiger partial charge in [-0.2, -0.15) is 0 Å². The number of nitrogens with one attached hydrogen (secondary N) is 1. The number of nitro groups is 1. The van der Waals surface area contributed by atoms with Crippen LogP contribution in [-0.4, -0.2) is 35.2 Å². The molecule has 0 saturated heterocycles. The summed E-state index contributed by atoms with van der Waals surface area (Å²) in [7, 11) is 1.49. The number of nitrogens with zero attached hydrogens (tertiary/aromatic N) is 1. The molecule has 38 heavy (non-hydrogen) atoms. The zero-order valence-corrected chi connectivity index (χ0v) is 23.8. The van der Waals surface area contributed by atoms with Crippen LogP contribution >= 0.6 is 0 Å². The first-order valence-corrected chi connectivity index (χ1v) is 12.8. The molecular weight excluding hydrogens is 488 g/mol. The molecule has 0 aliphatic carbocycles. The highest BCUT2D eigenvalue weighted by Crippen LogP contribution is 2.39. The van der Waals surface area contributed by atoms with Gasteiger partial charge in [-0.05, 0) is 61.4 Å². The molecule has 0 aromatic heterocycles. The highest BCUT2D eigenvalue weighted by Gasteiger charge is 2.59. The number of methoxy groups -OCH3 is 1. The third-order valence-corrected chi connectivity index (χ3v) is 6.32. The molecule has 2 rings (SSSR count). The van der Waals surface area contributed by atoms with Crippen LogP contribution in [0.5, 0.6) is 11.5 Å². The van der Waals surface area contributed by atoms with Crippen molar-refractivity contribution in [3.8, 4) is 11.5 Å². The third-order valence-electron chi connectivity index (χ3n) is 6.32. The lowest BCUT2D eigenvalue weighted by Crippen LogP contribution is -2.58. The minimum absolute atomic E-state index is 0.000376. The van der Waals surface area contributed by atoms with E-state index in [1.165, 1.54) is 14.0 Å². The van der Waals surface area contributed by atoms with Crippen molar-refractivity contribution in [2.75, 3.05) is 7.11 Å². The molecule has 208 valence electrons. The Morgan fingerprint density at radius 1 is 0.974 bits per heavy atom. The lowest BCUT2D eigenvalue weighted by molar-refractivity contribution is -0.561. The summed E-state index contributed by atoms with van der Waals surface area (Å²) in [6.45, 7) is 14.4. The number of ether oxygens (including phenoxy) is 3. The van der Waals surface area contributed by atoms with E-state index in [1.54, 1.807) is 45.0 Å². The number of esters is 1. The van der Waals surface area contributed by atoms with Crippen molar-refractivity contribution in [2.45, 2.75) is 90.8 Å². The number of hydrogen-bond acceptors (Lipinski definition) is 7. The standard InChI is InChI=1S/C29H40N2O7/c1-10-29(31(34)35,26(32)37-24-22(18(2)3)12-11-13-23(24)19(4)5)25(30-27(33)38-28(6,7)8)20-14-16-21(36-9)17-15-20/h11-19,25H,10H2,1-9H3,(H,30,33)/t25-,29+/m1/s1. The molecule has 2 aromatic carbocycles. The molecule has 2 atom stereocenters. The van der Waals surface area contributed by atoms with Crippen LogP contribution in [-0.2, 0) is 9.53 Å². The van der Waals surface area contributed by atoms with Gasteiger partial charge in [0.15, 0.2) is 0 Å². The Kier molecular flexibility index (Phi) is 9.89. The van der Waals surface area contributed by atoms with Crippen LogP contribution in [0.2, 0.25) is 0 Å². The van der Waals surface area contributed by atoms with E-state index >= 15 is 0 Å². The molecule has 9 heteroatoms. The number of para-hydroxylation sites is 1. The summed E-state index contributed by atoms with van der Waals surface area (Å²) in [4.78, 5) is 39.0. The zero-order valence-electron chi connectivity index (χ0n) is 23.8. The first-order chi connectivity index (χ1) is 17.7. The van der Waals surface area contributed by atoms with E-state index in [4.69, 9.17) is 14.2 Å². The van der Waals surface area contributed by atoms with Gasteiger partial charge in [0.2, 0.25) is 0 Å². The molecule has 0 aliphatic rings. The first kappa shape index (κ1) is 30.6. The molecule has 0 spiro atoms. The maximum absolute atomic E-state index is 14.0. The molecule has 1 N–H and O–H groups in total. The van der Waals surface area contributed by atoms with Crippen LogP contribution in [0.1, 0.15) is 96.4 Å². The average Bonchev–Trinajstić information content (AvgIpc) is 2.82. The Labute approximate surface area is 225 Å². The van der Waals surface area contributed by atoms with Gasteiger partial charge in [-0.15, -0.1) is 0 Å². The van der Waals surface area contributed by atoms with Crippen LogP contribution in [0.4, 0.5) is 4.79 Å². The molecule has 0 radical (unpaired) electrons. The smallest absolute Gasteiger partial charge is 0.408 e. The summed E-state index contributed by atoms with van der Waals surface area (Å²) in [5, 5.41) is 15.4. The van der Waals surface area contributed by atoms with Crippen molar-refractivity contribution in [3.63, 3.8) is 0 Å². The number of alkyl carbamates (subject to hydrolysis) is 1. The van der Waals surface area contributed by atoms with Gasteiger partial charge in [-0.3, -0.25) is 10.1 Å². The van der Waals surface area contributed by atoms with Crippen LogP contribution < -0.4 is 14.8 Å². The zero-order chi connectivity index (χ0) is 28.8. The van der Waals surface area contributed by atoms with Gasteiger partial charge in [0.25, 0.3) is 0 Å². The molecule has 0 fully saturated rings. The van der Waals surface area contributed by atoms with Gasteiger partial charge in [-0.1, -0.05) is 65.0 Å². The lowest BCUT2D eigenvalue weighted by Gasteiger charge is -2.32. The third kappa shape index (κ3) is 6.82. The summed E-state index contributed by atoms with van der Waals surface area (Å²) >= 11 is 0. The van der Waals surface area contributed by atoms with E-state index in [-0.39, 0.29) is 18.3 Å². The fourth-order valence-electron chi connectivity index (χ4n) is 4.26. The number of hydrogen-bond donors (Lipinski definition) is 1. The van der Waals surface area contributed by atoms with E-state index in [0.29, 0.717) is 17.1 Å². The van der Waals surface area contributed by atoms with Gasteiger partial charge in [0.05, 0.1) is 7.11 Å². The quantitative estimate of drug-likeness (QED) is 0.161. The Hall–Kier alpha value is -3.62. The fraction of sp³-hybridized carbons (Fsp3) is 0.517. The minimum atomic E-state index is -2.36. The largest absolute Gasteiger partial charge is 0.497 e. The monoisotopic (exact) mass is 528 g/mol. The van der Waals surface area contributed by atoms with Gasteiger partial charge in [-0.25, -0.2) is 9.59 Å². The normalized spacial score (nSPS) is 14.0. The van der Waals surface area contributed by atoms with Crippen LogP contribution in [0.15, 0.2) is 42.5 Å². The topological polar surface area (TPSA) is 117 Å². The Bertz CT molecular complexity index is 1110. The molecular formula is C29H40N2O7. The summed E-state index contributed by atoms with van der Waals surface area (Å²) in [5.74, 6) is -0.242. The molecule has 9 nitrogen and oxygen atoms in total.